The average molecular weight is 417 g/mol. The number of halogens is 1. The Kier molecular flexibility index (Phi) is 6.68. The minimum absolute atomic E-state index is 0.224. The van der Waals surface area contributed by atoms with E-state index < -0.39 is 16.1 Å². The monoisotopic (exact) mass is 416 g/mol. The molecule has 2 aromatic rings. The van der Waals surface area contributed by atoms with E-state index in [1.165, 1.54) is 20.2 Å². The Morgan fingerprint density at radius 1 is 1.31 bits per heavy atom. The minimum atomic E-state index is -3.46. The van der Waals surface area contributed by atoms with Gasteiger partial charge in [-0.25, -0.2) is 12.7 Å². The van der Waals surface area contributed by atoms with E-state index in [-0.39, 0.29) is 16.7 Å². The van der Waals surface area contributed by atoms with Gasteiger partial charge in [0.15, 0.2) is 6.10 Å². The lowest BCUT2D eigenvalue weighted by molar-refractivity contribution is -0.127. The van der Waals surface area contributed by atoms with E-state index in [0.29, 0.717) is 10.8 Å². The highest BCUT2D eigenvalue weighted by Gasteiger charge is 2.20. The van der Waals surface area contributed by atoms with Gasteiger partial charge in [0, 0.05) is 19.0 Å². The van der Waals surface area contributed by atoms with Crippen molar-refractivity contribution in [2.24, 2.45) is 0 Å². The van der Waals surface area contributed by atoms with Gasteiger partial charge in [-0.05, 0) is 43.7 Å². The molecular formula is C17H21ClN2O4S2. The summed E-state index contributed by atoms with van der Waals surface area (Å²) in [5.41, 5.74) is 0.977. The van der Waals surface area contributed by atoms with Crippen LogP contribution in [0.1, 0.15) is 17.4 Å². The Labute approximate surface area is 162 Å². The molecule has 0 aliphatic rings. The number of nitrogens with one attached hydrogen (secondary N) is 1. The number of carbonyl (C=O) groups is 1. The molecule has 6 nitrogen and oxygen atoms in total. The van der Waals surface area contributed by atoms with Crippen LogP contribution in [0.15, 0.2) is 34.5 Å². The zero-order valence-electron chi connectivity index (χ0n) is 14.9. The molecule has 0 radical (unpaired) electrons. The molecule has 1 atom stereocenters. The van der Waals surface area contributed by atoms with Crippen LogP contribution in [-0.4, -0.2) is 38.8 Å². The fourth-order valence-electron chi connectivity index (χ4n) is 2.03. The number of carbonyl (C=O) groups excluding carboxylic acids is 1. The van der Waals surface area contributed by atoms with E-state index in [0.717, 1.165) is 26.1 Å². The fourth-order valence-corrected chi connectivity index (χ4v) is 4.66. The molecule has 1 aromatic heterocycles. The summed E-state index contributed by atoms with van der Waals surface area (Å²) in [5.74, 6) is 0.137. The predicted molar refractivity (Wildman–Crippen MR) is 103 cm³/mol. The Hall–Kier alpha value is -1.61. The minimum Gasteiger partial charge on any atom is -0.479 e. The molecule has 0 aliphatic heterocycles. The summed E-state index contributed by atoms with van der Waals surface area (Å²) in [6.45, 7) is 3.76. The summed E-state index contributed by atoms with van der Waals surface area (Å²) >= 11 is 7.20. The summed E-state index contributed by atoms with van der Waals surface area (Å²) in [4.78, 5) is 13.0. The third kappa shape index (κ3) is 4.97. The fraction of sp³-hybridized carbons (Fsp3) is 0.353. The molecule has 0 bridgehead atoms. The first-order valence-electron chi connectivity index (χ1n) is 7.83. The molecule has 1 aromatic carbocycles. The zero-order chi connectivity index (χ0) is 19.5. The number of ether oxygens (including phenoxy) is 1. The van der Waals surface area contributed by atoms with Gasteiger partial charge in [-0.2, -0.15) is 0 Å². The first-order valence-corrected chi connectivity index (χ1v) is 10.5. The molecule has 1 N–H and O–H groups in total. The molecule has 1 unspecified atom stereocenters. The van der Waals surface area contributed by atoms with E-state index >= 15 is 0 Å². The topological polar surface area (TPSA) is 75.7 Å². The lowest BCUT2D eigenvalue weighted by Crippen LogP contribution is -2.35. The summed E-state index contributed by atoms with van der Waals surface area (Å²) in [7, 11) is -0.504. The van der Waals surface area contributed by atoms with Crippen LogP contribution in [0.5, 0.6) is 5.75 Å². The van der Waals surface area contributed by atoms with E-state index in [4.69, 9.17) is 16.3 Å². The molecule has 0 saturated carbocycles. The maximum Gasteiger partial charge on any atom is 0.261 e. The highest BCUT2D eigenvalue weighted by Crippen LogP contribution is 2.26. The standard InChI is InChI=1S/C17H21ClN2O4S2/c1-11-5-7-14(18)15(9-11)24-12(2)17(21)19-10-13-6-8-16(25-13)26(22,23)20(3)4/h5-9,12H,10H2,1-4H3,(H,19,21). The molecule has 1 amide bonds. The number of amides is 1. The van der Waals surface area contributed by atoms with E-state index in [9.17, 15) is 13.2 Å². The van der Waals surface area contributed by atoms with Crippen molar-refractivity contribution in [3.05, 3.63) is 45.8 Å². The van der Waals surface area contributed by atoms with Gasteiger partial charge in [-0.3, -0.25) is 4.79 Å². The van der Waals surface area contributed by atoms with Crippen molar-refractivity contribution in [3.8, 4) is 5.75 Å². The van der Waals surface area contributed by atoms with E-state index in [1.807, 2.05) is 13.0 Å². The predicted octanol–water partition coefficient (Wildman–Crippen LogP) is 3.04. The maximum absolute atomic E-state index is 12.2. The Bertz CT molecular complexity index is 894. The number of rotatable bonds is 7. The van der Waals surface area contributed by atoms with Gasteiger partial charge in [0.1, 0.15) is 9.96 Å². The Morgan fingerprint density at radius 2 is 2.00 bits per heavy atom. The first-order chi connectivity index (χ1) is 12.1. The Balaban J connectivity index is 1.96. The zero-order valence-corrected chi connectivity index (χ0v) is 17.3. The lowest BCUT2D eigenvalue weighted by Gasteiger charge is -2.15. The van der Waals surface area contributed by atoms with Crippen LogP contribution >= 0.6 is 22.9 Å². The maximum atomic E-state index is 12.2. The van der Waals surface area contributed by atoms with Gasteiger partial charge < -0.3 is 10.1 Å². The number of sulfonamides is 1. The summed E-state index contributed by atoms with van der Waals surface area (Å²) in [5, 5.41) is 3.18. The second-order valence-electron chi connectivity index (χ2n) is 5.92. The quantitative estimate of drug-likeness (QED) is 0.752. The van der Waals surface area contributed by atoms with Crippen molar-refractivity contribution >= 4 is 38.9 Å². The number of hydrogen-bond donors (Lipinski definition) is 1. The van der Waals surface area contributed by atoms with Gasteiger partial charge >= 0.3 is 0 Å². The number of thiophene rings is 1. The van der Waals surface area contributed by atoms with Gasteiger partial charge in [0.05, 0.1) is 11.6 Å². The van der Waals surface area contributed by atoms with Crippen LogP contribution in [0, 0.1) is 6.92 Å². The molecule has 0 saturated heterocycles. The first kappa shape index (κ1) is 20.7. The normalized spacial score (nSPS) is 12.8. The molecule has 9 heteroatoms. The third-order valence-electron chi connectivity index (χ3n) is 3.57. The van der Waals surface area contributed by atoms with E-state index in [1.54, 1.807) is 25.1 Å². The molecule has 0 spiro atoms. The summed E-state index contributed by atoms with van der Waals surface area (Å²) < 4.78 is 31.2. The van der Waals surface area contributed by atoms with Crippen LogP contribution in [-0.2, 0) is 21.4 Å². The number of aryl methyl sites for hydroxylation is 1. The van der Waals surface area contributed by atoms with Crippen molar-refractivity contribution < 1.29 is 17.9 Å². The highest BCUT2D eigenvalue weighted by molar-refractivity contribution is 7.91. The van der Waals surface area contributed by atoms with Crippen LogP contribution in [0.3, 0.4) is 0 Å². The molecule has 0 aliphatic carbocycles. The average Bonchev–Trinajstić information content (AvgIpc) is 3.05. The van der Waals surface area contributed by atoms with E-state index in [2.05, 4.69) is 5.32 Å². The SMILES string of the molecule is Cc1ccc(Cl)c(OC(C)C(=O)NCc2ccc(S(=O)(=O)N(C)C)s2)c1. The molecule has 142 valence electrons. The number of nitrogens with zero attached hydrogens (tertiary/aromatic N) is 1. The molecule has 0 fully saturated rings. The van der Waals surface area contributed by atoms with Gasteiger partial charge in [0.25, 0.3) is 15.9 Å². The third-order valence-corrected chi connectivity index (χ3v) is 7.25. The van der Waals surface area contributed by atoms with Crippen LogP contribution in [0.25, 0.3) is 0 Å². The summed E-state index contributed by atoms with van der Waals surface area (Å²) in [6.07, 6.45) is -0.737. The van der Waals surface area contributed by atoms with Gasteiger partial charge in [0.2, 0.25) is 0 Å². The second-order valence-corrected chi connectivity index (χ2v) is 9.87. The summed E-state index contributed by atoms with van der Waals surface area (Å²) in [6, 6.07) is 8.56. The lowest BCUT2D eigenvalue weighted by atomic mass is 10.2. The highest BCUT2D eigenvalue weighted by atomic mass is 35.5. The number of benzene rings is 1. The smallest absolute Gasteiger partial charge is 0.261 e. The number of hydrogen-bond acceptors (Lipinski definition) is 5. The van der Waals surface area contributed by atoms with Crippen LogP contribution in [0.4, 0.5) is 0 Å². The largest absolute Gasteiger partial charge is 0.479 e. The van der Waals surface area contributed by atoms with Crippen LogP contribution < -0.4 is 10.1 Å². The van der Waals surface area contributed by atoms with Crippen molar-refractivity contribution in [1.82, 2.24) is 9.62 Å². The van der Waals surface area contributed by atoms with Crippen molar-refractivity contribution in [2.75, 3.05) is 14.1 Å². The van der Waals surface area contributed by atoms with Gasteiger partial charge in [-0.1, -0.05) is 17.7 Å². The Morgan fingerprint density at radius 3 is 2.65 bits per heavy atom. The molecule has 1 heterocycles. The molecular weight excluding hydrogens is 396 g/mol. The molecule has 2 rings (SSSR count). The van der Waals surface area contributed by atoms with Crippen molar-refractivity contribution in [3.63, 3.8) is 0 Å². The van der Waals surface area contributed by atoms with Gasteiger partial charge in [-0.15, -0.1) is 11.3 Å². The second kappa shape index (κ2) is 8.39. The van der Waals surface area contributed by atoms with Crippen molar-refractivity contribution in [1.29, 1.82) is 0 Å². The van der Waals surface area contributed by atoms with Crippen molar-refractivity contribution in [2.45, 2.75) is 30.7 Å². The molecule has 26 heavy (non-hydrogen) atoms. The van der Waals surface area contributed by atoms with Crippen LogP contribution in [0.2, 0.25) is 5.02 Å².